The van der Waals surface area contributed by atoms with Crippen LogP contribution in [0.1, 0.15) is 21.5 Å². The van der Waals surface area contributed by atoms with E-state index in [1.165, 1.54) is 5.56 Å². The maximum atomic E-state index is 12.2. The van der Waals surface area contributed by atoms with E-state index in [0.29, 0.717) is 6.54 Å². The van der Waals surface area contributed by atoms with Crippen molar-refractivity contribution in [2.75, 3.05) is 13.3 Å². The quantitative estimate of drug-likeness (QED) is 0.912. The molecule has 0 fully saturated rings. The molecule has 1 aromatic heterocycles. The van der Waals surface area contributed by atoms with Gasteiger partial charge in [0.15, 0.2) is 0 Å². The first-order chi connectivity index (χ1) is 9.20. The van der Waals surface area contributed by atoms with Crippen molar-refractivity contribution in [1.82, 2.24) is 15.1 Å². The molecular formula is C14H17N3OS. The van der Waals surface area contributed by atoms with Gasteiger partial charge in [-0.25, -0.2) is 0 Å². The van der Waals surface area contributed by atoms with E-state index >= 15 is 0 Å². The van der Waals surface area contributed by atoms with Crippen LogP contribution < -0.4 is 0 Å². The Morgan fingerprint density at radius 1 is 1.32 bits per heavy atom. The van der Waals surface area contributed by atoms with Crippen LogP contribution >= 0.6 is 11.8 Å². The van der Waals surface area contributed by atoms with Crippen LogP contribution in [0.3, 0.4) is 0 Å². The Labute approximate surface area is 117 Å². The van der Waals surface area contributed by atoms with Crippen molar-refractivity contribution in [2.45, 2.75) is 12.3 Å². The molecule has 0 bridgehead atoms. The van der Waals surface area contributed by atoms with Gasteiger partial charge >= 0.3 is 0 Å². The van der Waals surface area contributed by atoms with Crippen molar-refractivity contribution >= 4 is 17.7 Å². The van der Waals surface area contributed by atoms with Crippen LogP contribution in [0.25, 0.3) is 0 Å². The van der Waals surface area contributed by atoms with Gasteiger partial charge in [-0.2, -0.15) is 16.9 Å². The summed E-state index contributed by atoms with van der Waals surface area (Å²) in [4.78, 5) is 13.9. The van der Waals surface area contributed by atoms with E-state index in [0.717, 1.165) is 16.9 Å². The third-order valence-corrected chi connectivity index (χ3v) is 3.46. The van der Waals surface area contributed by atoms with Gasteiger partial charge in [-0.15, -0.1) is 0 Å². The standard InChI is InChI=1S/C14H17N3OS/c1-17(9-12-7-15-16-8-12)14(18)13-5-3-11(4-6-13)10-19-2/h3-8H,9-10H2,1-2H3,(H,15,16). The number of carbonyl (C=O) groups excluding carboxylic acids is 1. The van der Waals surface area contributed by atoms with Crippen molar-refractivity contribution < 1.29 is 4.79 Å². The van der Waals surface area contributed by atoms with Crippen LogP contribution in [-0.2, 0) is 12.3 Å². The number of nitrogens with zero attached hydrogens (tertiary/aromatic N) is 2. The summed E-state index contributed by atoms with van der Waals surface area (Å²) in [6, 6.07) is 7.80. The fourth-order valence-corrected chi connectivity index (χ4v) is 2.37. The molecule has 5 heteroatoms. The van der Waals surface area contributed by atoms with Gasteiger partial charge in [0.25, 0.3) is 5.91 Å². The third-order valence-electron chi connectivity index (χ3n) is 2.83. The van der Waals surface area contributed by atoms with Gasteiger partial charge in [-0.05, 0) is 24.0 Å². The van der Waals surface area contributed by atoms with Crippen molar-refractivity contribution in [3.8, 4) is 0 Å². The second-order valence-corrected chi connectivity index (χ2v) is 5.26. The Kier molecular flexibility index (Phi) is 4.63. The summed E-state index contributed by atoms with van der Waals surface area (Å²) in [6.07, 6.45) is 5.59. The van der Waals surface area contributed by atoms with Gasteiger partial charge in [-0.1, -0.05) is 12.1 Å². The maximum Gasteiger partial charge on any atom is 0.253 e. The summed E-state index contributed by atoms with van der Waals surface area (Å²) in [5, 5.41) is 6.62. The highest BCUT2D eigenvalue weighted by Crippen LogP contribution is 2.12. The van der Waals surface area contributed by atoms with Crippen LogP contribution in [-0.4, -0.2) is 34.3 Å². The smallest absolute Gasteiger partial charge is 0.253 e. The average Bonchev–Trinajstić information content (AvgIpc) is 2.92. The number of hydrogen-bond donors (Lipinski definition) is 1. The zero-order chi connectivity index (χ0) is 13.7. The van der Waals surface area contributed by atoms with E-state index in [1.54, 1.807) is 36.1 Å². The molecule has 0 saturated carbocycles. The first kappa shape index (κ1) is 13.7. The summed E-state index contributed by atoms with van der Waals surface area (Å²) in [5.41, 5.74) is 2.95. The van der Waals surface area contributed by atoms with E-state index in [4.69, 9.17) is 0 Å². The van der Waals surface area contributed by atoms with Gasteiger partial charge in [-0.3, -0.25) is 9.89 Å². The van der Waals surface area contributed by atoms with Crippen molar-refractivity contribution in [3.63, 3.8) is 0 Å². The number of amides is 1. The molecule has 100 valence electrons. The molecule has 0 saturated heterocycles. The number of aromatic nitrogens is 2. The predicted octanol–water partition coefficient (Wildman–Crippen LogP) is 2.54. The second-order valence-electron chi connectivity index (χ2n) is 4.40. The van der Waals surface area contributed by atoms with Crippen LogP contribution in [0.15, 0.2) is 36.7 Å². The molecule has 0 spiro atoms. The van der Waals surface area contributed by atoms with E-state index in [9.17, 15) is 4.79 Å². The number of benzene rings is 1. The lowest BCUT2D eigenvalue weighted by atomic mass is 10.1. The fraction of sp³-hybridized carbons (Fsp3) is 0.286. The van der Waals surface area contributed by atoms with Crippen LogP contribution in [0, 0.1) is 0 Å². The van der Waals surface area contributed by atoms with Crippen molar-refractivity contribution in [3.05, 3.63) is 53.3 Å². The minimum absolute atomic E-state index is 0.0249. The van der Waals surface area contributed by atoms with Crippen LogP contribution in [0.2, 0.25) is 0 Å². The molecule has 0 radical (unpaired) electrons. The molecule has 0 aliphatic carbocycles. The largest absolute Gasteiger partial charge is 0.337 e. The minimum atomic E-state index is 0.0249. The van der Waals surface area contributed by atoms with E-state index in [1.807, 2.05) is 24.3 Å². The summed E-state index contributed by atoms with van der Waals surface area (Å²) < 4.78 is 0. The lowest BCUT2D eigenvalue weighted by molar-refractivity contribution is 0.0785. The first-order valence-electron chi connectivity index (χ1n) is 6.01. The molecule has 4 nitrogen and oxygen atoms in total. The molecule has 0 unspecified atom stereocenters. The Bertz CT molecular complexity index is 522. The highest BCUT2D eigenvalue weighted by atomic mass is 32.2. The van der Waals surface area contributed by atoms with Gasteiger partial charge in [0.05, 0.1) is 6.20 Å². The maximum absolute atomic E-state index is 12.2. The molecule has 0 aliphatic rings. The second kappa shape index (κ2) is 6.43. The van der Waals surface area contributed by atoms with Crippen molar-refractivity contribution in [1.29, 1.82) is 0 Å². The Balaban J connectivity index is 2.02. The highest BCUT2D eigenvalue weighted by Gasteiger charge is 2.12. The number of rotatable bonds is 5. The molecule has 2 aromatic rings. The monoisotopic (exact) mass is 275 g/mol. The minimum Gasteiger partial charge on any atom is -0.337 e. The third kappa shape index (κ3) is 3.61. The molecule has 19 heavy (non-hydrogen) atoms. The Morgan fingerprint density at radius 3 is 2.63 bits per heavy atom. The summed E-state index contributed by atoms with van der Waals surface area (Å²) >= 11 is 1.77. The number of hydrogen-bond acceptors (Lipinski definition) is 3. The molecule has 1 amide bonds. The number of carbonyl (C=O) groups is 1. The summed E-state index contributed by atoms with van der Waals surface area (Å²) in [6.45, 7) is 0.557. The lowest BCUT2D eigenvalue weighted by Gasteiger charge is -2.16. The van der Waals surface area contributed by atoms with E-state index in [-0.39, 0.29) is 5.91 Å². The van der Waals surface area contributed by atoms with Crippen molar-refractivity contribution in [2.24, 2.45) is 0 Å². The number of nitrogens with one attached hydrogen (secondary N) is 1. The number of H-pyrrole nitrogens is 1. The first-order valence-corrected chi connectivity index (χ1v) is 7.41. The number of aromatic amines is 1. The fourth-order valence-electron chi connectivity index (χ4n) is 1.84. The average molecular weight is 275 g/mol. The molecule has 0 aliphatic heterocycles. The SMILES string of the molecule is CSCc1ccc(C(=O)N(C)Cc2cn[nH]c2)cc1. The lowest BCUT2D eigenvalue weighted by Crippen LogP contribution is -2.25. The predicted molar refractivity (Wildman–Crippen MR) is 78.0 cm³/mol. The number of thioether (sulfide) groups is 1. The van der Waals surface area contributed by atoms with E-state index in [2.05, 4.69) is 16.5 Å². The van der Waals surface area contributed by atoms with Gasteiger partial charge in [0.1, 0.15) is 0 Å². The van der Waals surface area contributed by atoms with Crippen LogP contribution in [0.5, 0.6) is 0 Å². The van der Waals surface area contributed by atoms with Gasteiger partial charge in [0.2, 0.25) is 0 Å². The zero-order valence-corrected chi connectivity index (χ0v) is 11.9. The van der Waals surface area contributed by atoms with Crippen LogP contribution in [0.4, 0.5) is 0 Å². The summed E-state index contributed by atoms with van der Waals surface area (Å²) in [7, 11) is 1.80. The Morgan fingerprint density at radius 2 is 2.05 bits per heavy atom. The molecule has 0 atom stereocenters. The Hall–Kier alpha value is -1.75. The normalized spacial score (nSPS) is 10.4. The topological polar surface area (TPSA) is 49.0 Å². The van der Waals surface area contributed by atoms with Gasteiger partial charge in [0, 0.05) is 36.7 Å². The van der Waals surface area contributed by atoms with Gasteiger partial charge < -0.3 is 4.90 Å². The molecule has 1 aromatic carbocycles. The highest BCUT2D eigenvalue weighted by molar-refractivity contribution is 7.97. The molecule has 2 rings (SSSR count). The molecule has 1 N–H and O–H groups in total. The molecule has 1 heterocycles. The van der Waals surface area contributed by atoms with E-state index < -0.39 is 0 Å². The zero-order valence-electron chi connectivity index (χ0n) is 11.1. The molecular weight excluding hydrogens is 258 g/mol. The summed E-state index contributed by atoms with van der Waals surface area (Å²) in [5.74, 6) is 0.996.